The number of nitrogens with zero attached hydrogens (tertiary/aromatic N) is 1. The number of nitrogens with one attached hydrogen (secondary N) is 2. The largest absolute Gasteiger partial charge is 0.363 e. The normalized spacial score (nSPS) is 22.7. The van der Waals surface area contributed by atoms with E-state index in [0.717, 1.165) is 12.8 Å². The minimum atomic E-state index is -0.140. The van der Waals surface area contributed by atoms with Crippen molar-refractivity contribution in [3.63, 3.8) is 0 Å². The highest BCUT2D eigenvalue weighted by Crippen LogP contribution is 2.46. The molecule has 1 aliphatic rings. The van der Waals surface area contributed by atoms with E-state index in [1.165, 1.54) is 6.42 Å². The summed E-state index contributed by atoms with van der Waals surface area (Å²) in [6, 6.07) is 0.319. The molecule has 2 N–H and O–H groups in total. The SMILES string of the molecule is CC1(C)CC(Nc2ncc[nH]c2=O)CC(C)(C)C1. The van der Waals surface area contributed by atoms with Crippen LogP contribution in [0.3, 0.4) is 0 Å². The van der Waals surface area contributed by atoms with E-state index in [1.54, 1.807) is 12.4 Å². The molecule has 100 valence electrons. The Morgan fingerprint density at radius 2 is 1.89 bits per heavy atom. The molecule has 0 atom stereocenters. The maximum atomic E-state index is 11.6. The van der Waals surface area contributed by atoms with E-state index in [0.29, 0.717) is 22.7 Å². The van der Waals surface area contributed by atoms with E-state index in [1.807, 2.05) is 0 Å². The molecule has 4 heteroatoms. The third-order valence-electron chi connectivity index (χ3n) is 3.60. The van der Waals surface area contributed by atoms with E-state index in [2.05, 4.69) is 43.0 Å². The molecule has 1 aliphatic carbocycles. The first-order valence-electron chi connectivity index (χ1n) is 6.58. The van der Waals surface area contributed by atoms with Crippen molar-refractivity contribution in [3.8, 4) is 0 Å². The van der Waals surface area contributed by atoms with Crippen LogP contribution in [-0.4, -0.2) is 16.0 Å². The molecule has 18 heavy (non-hydrogen) atoms. The summed E-state index contributed by atoms with van der Waals surface area (Å²) in [4.78, 5) is 18.4. The topological polar surface area (TPSA) is 57.8 Å². The molecule has 0 aromatic carbocycles. The summed E-state index contributed by atoms with van der Waals surface area (Å²) in [5.41, 5.74) is 0.473. The average Bonchev–Trinajstić information content (AvgIpc) is 2.16. The number of hydrogen-bond donors (Lipinski definition) is 2. The number of aromatic amines is 1. The minimum Gasteiger partial charge on any atom is -0.363 e. The van der Waals surface area contributed by atoms with Crippen LogP contribution in [0.2, 0.25) is 0 Å². The second-order valence-electron chi connectivity index (χ2n) is 7.02. The number of anilines is 1. The molecule has 0 bridgehead atoms. The predicted octanol–water partition coefficient (Wildman–Crippen LogP) is 2.79. The van der Waals surface area contributed by atoms with Gasteiger partial charge in [-0.1, -0.05) is 27.7 Å². The third-order valence-corrected chi connectivity index (χ3v) is 3.60. The molecule has 1 saturated carbocycles. The van der Waals surface area contributed by atoms with Gasteiger partial charge in [-0.2, -0.15) is 0 Å². The number of rotatable bonds is 2. The molecule has 0 spiro atoms. The Bertz CT molecular complexity index is 460. The Morgan fingerprint density at radius 3 is 2.44 bits per heavy atom. The van der Waals surface area contributed by atoms with Crippen LogP contribution in [0.4, 0.5) is 5.82 Å². The zero-order valence-electron chi connectivity index (χ0n) is 11.7. The quantitative estimate of drug-likeness (QED) is 0.847. The highest BCUT2D eigenvalue weighted by Gasteiger charge is 2.38. The lowest BCUT2D eigenvalue weighted by atomic mass is 9.63. The van der Waals surface area contributed by atoms with Gasteiger partial charge in [-0.15, -0.1) is 0 Å². The van der Waals surface area contributed by atoms with Gasteiger partial charge in [-0.25, -0.2) is 4.98 Å². The van der Waals surface area contributed by atoms with Crippen molar-refractivity contribution >= 4 is 5.82 Å². The lowest BCUT2D eigenvalue weighted by molar-refractivity contribution is 0.105. The van der Waals surface area contributed by atoms with Gasteiger partial charge >= 0.3 is 0 Å². The highest BCUT2D eigenvalue weighted by molar-refractivity contribution is 5.32. The van der Waals surface area contributed by atoms with Gasteiger partial charge in [-0.05, 0) is 30.1 Å². The molecule has 0 radical (unpaired) electrons. The number of H-pyrrole nitrogens is 1. The summed E-state index contributed by atoms with van der Waals surface area (Å²) in [7, 11) is 0. The van der Waals surface area contributed by atoms with Crippen molar-refractivity contribution in [2.24, 2.45) is 10.8 Å². The molecule has 1 aromatic rings. The Kier molecular flexibility index (Phi) is 3.21. The molecule has 1 fully saturated rings. The molecule has 1 aromatic heterocycles. The summed E-state index contributed by atoms with van der Waals surface area (Å²) < 4.78 is 0. The lowest BCUT2D eigenvalue weighted by Gasteiger charge is -2.45. The fourth-order valence-electron chi connectivity index (χ4n) is 3.60. The minimum absolute atomic E-state index is 0.140. The second kappa shape index (κ2) is 4.41. The van der Waals surface area contributed by atoms with Gasteiger partial charge in [0.1, 0.15) is 0 Å². The Labute approximate surface area is 108 Å². The summed E-state index contributed by atoms with van der Waals surface area (Å²) in [6.07, 6.45) is 6.54. The van der Waals surface area contributed by atoms with Crippen molar-refractivity contribution in [2.45, 2.75) is 53.0 Å². The summed E-state index contributed by atoms with van der Waals surface area (Å²) >= 11 is 0. The standard InChI is InChI=1S/C14H23N3O/c1-13(2)7-10(8-14(3,4)9-13)17-11-12(18)16-6-5-15-11/h5-6,10H,7-9H2,1-4H3,(H,15,17)(H,16,18). The van der Waals surface area contributed by atoms with Crippen LogP contribution in [0.1, 0.15) is 47.0 Å². The monoisotopic (exact) mass is 249 g/mol. The first kappa shape index (κ1) is 13.1. The van der Waals surface area contributed by atoms with Crippen LogP contribution in [-0.2, 0) is 0 Å². The second-order valence-corrected chi connectivity index (χ2v) is 7.02. The molecule has 0 saturated heterocycles. The maximum absolute atomic E-state index is 11.6. The van der Waals surface area contributed by atoms with Gasteiger partial charge in [0.05, 0.1) is 0 Å². The molecule has 0 amide bonds. The average molecular weight is 249 g/mol. The van der Waals surface area contributed by atoms with Gasteiger partial charge in [0, 0.05) is 18.4 Å². The van der Waals surface area contributed by atoms with E-state index in [4.69, 9.17) is 0 Å². The van der Waals surface area contributed by atoms with E-state index in [9.17, 15) is 4.79 Å². The Hall–Kier alpha value is -1.32. The van der Waals surface area contributed by atoms with Gasteiger partial charge in [0.15, 0.2) is 5.82 Å². The fourth-order valence-corrected chi connectivity index (χ4v) is 3.60. The lowest BCUT2D eigenvalue weighted by Crippen LogP contribution is -2.41. The zero-order chi connectivity index (χ0) is 13.4. The number of aromatic nitrogens is 2. The van der Waals surface area contributed by atoms with Crippen LogP contribution < -0.4 is 10.9 Å². The summed E-state index contributed by atoms with van der Waals surface area (Å²) in [5, 5.41) is 3.31. The van der Waals surface area contributed by atoms with Gasteiger partial charge in [0.2, 0.25) is 0 Å². The maximum Gasteiger partial charge on any atom is 0.290 e. The molecule has 1 heterocycles. The fraction of sp³-hybridized carbons (Fsp3) is 0.714. The molecular formula is C14H23N3O. The Balaban J connectivity index is 2.15. The van der Waals surface area contributed by atoms with Crippen molar-refractivity contribution in [2.75, 3.05) is 5.32 Å². The van der Waals surface area contributed by atoms with Gasteiger partial charge < -0.3 is 10.3 Å². The smallest absolute Gasteiger partial charge is 0.290 e. The van der Waals surface area contributed by atoms with Crippen LogP contribution in [0.25, 0.3) is 0 Å². The molecule has 0 aliphatic heterocycles. The highest BCUT2D eigenvalue weighted by atomic mass is 16.1. The van der Waals surface area contributed by atoms with Crippen molar-refractivity contribution in [3.05, 3.63) is 22.7 Å². The predicted molar refractivity (Wildman–Crippen MR) is 73.7 cm³/mol. The summed E-state index contributed by atoms with van der Waals surface area (Å²) in [6.45, 7) is 9.19. The molecular weight excluding hydrogens is 226 g/mol. The van der Waals surface area contributed by atoms with Crippen LogP contribution >= 0.6 is 0 Å². The van der Waals surface area contributed by atoms with Crippen LogP contribution in [0.15, 0.2) is 17.2 Å². The van der Waals surface area contributed by atoms with Crippen molar-refractivity contribution in [1.82, 2.24) is 9.97 Å². The number of hydrogen-bond acceptors (Lipinski definition) is 3. The first-order chi connectivity index (χ1) is 8.27. The molecule has 2 rings (SSSR count). The van der Waals surface area contributed by atoms with Crippen LogP contribution in [0, 0.1) is 10.8 Å². The van der Waals surface area contributed by atoms with Crippen LogP contribution in [0.5, 0.6) is 0 Å². The van der Waals surface area contributed by atoms with E-state index >= 15 is 0 Å². The van der Waals surface area contributed by atoms with Crippen molar-refractivity contribution < 1.29 is 0 Å². The molecule has 0 unspecified atom stereocenters. The molecule has 4 nitrogen and oxygen atoms in total. The summed E-state index contributed by atoms with van der Waals surface area (Å²) in [5.74, 6) is 0.441. The third kappa shape index (κ3) is 3.12. The first-order valence-corrected chi connectivity index (χ1v) is 6.58. The Morgan fingerprint density at radius 1 is 1.28 bits per heavy atom. The van der Waals surface area contributed by atoms with E-state index in [-0.39, 0.29) is 5.56 Å². The van der Waals surface area contributed by atoms with Crippen molar-refractivity contribution in [1.29, 1.82) is 0 Å². The van der Waals surface area contributed by atoms with Gasteiger partial charge in [-0.3, -0.25) is 4.79 Å². The van der Waals surface area contributed by atoms with E-state index < -0.39 is 0 Å². The van der Waals surface area contributed by atoms with Gasteiger partial charge in [0.25, 0.3) is 5.56 Å². The zero-order valence-corrected chi connectivity index (χ0v) is 11.7.